The molecule has 1 aromatic carbocycles. The van der Waals surface area contributed by atoms with Crippen LogP contribution >= 0.6 is 0 Å². The van der Waals surface area contributed by atoms with E-state index in [2.05, 4.69) is 19.8 Å². The summed E-state index contributed by atoms with van der Waals surface area (Å²) in [4.78, 5) is 13.1. The standard InChI is InChI=1S/C15H18FN5/c16-13-1-3-14(4-2-13)20-5-7-21(8-6-20)15-18-10-12(9-17)11-19-15/h1-4,10-11H,5-9,17H2. The number of nitrogens with two attached hydrogens (primary N) is 1. The Morgan fingerprint density at radius 1 is 0.952 bits per heavy atom. The van der Waals surface area contributed by atoms with Crippen molar-refractivity contribution in [1.82, 2.24) is 9.97 Å². The third-order valence-electron chi connectivity index (χ3n) is 3.68. The van der Waals surface area contributed by atoms with E-state index in [1.165, 1.54) is 12.1 Å². The molecule has 1 aromatic heterocycles. The van der Waals surface area contributed by atoms with Crippen molar-refractivity contribution in [2.24, 2.45) is 5.73 Å². The molecular weight excluding hydrogens is 269 g/mol. The second-order valence-corrected chi connectivity index (χ2v) is 5.05. The molecule has 0 unspecified atom stereocenters. The maximum Gasteiger partial charge on any atom is 0.225 e. The summed E-state index contributed by atoms with van der Waals surface area (Å²) in [6.07, 6.45) is 3.55. The van der Waals surface area contributed by atoms with Crippen molar-refractivity contribution in [2.75, 3.05) is 36.0 Å². The molecule has 1 aliphatic rings. The van der Waals surface area contributed by atoms with Crippen LogP contribution in [-0.2, 0) is 6.54 Å². The van der Waals surface area contributed by atoms with Crippen LogP contribution in [0.5, 0.6) is 0 Å². The van der Waals surface area contributed by atoms with Gasteiger partial charge < -0.3 is 15.5 Å². The van der Waals surface area contributed by atoms with E-state index in [0.29, 0.717) is 6.54 Å². The highest BCUT2D eigenvalue weighted by molar-refractivity contribution is 5.48. The van der Waals surface area contributed by atoms with Crippen molar-refractivity contribution in [3.8, 4) is 0 Å². The third kappa shape index (κ3) is 3.11. The average molecular weight is 287 g/mol. The molecule has 0 amide bonds. The van der Waals surface area contributed by atoms with Gasteiger partial charge in [-0.15, -0.1) is 0 Å². The van der Waals surface area contributed by atoms with Crippen molar-refractivity contribution in [2.45, 2.75) is 6.54 Å². The Hall–Kier alpha value is -2.21. The molecule has 1 saturated heterocycles. The van der Waals surface area contributed by atoms with Crippen molar-refractivity contribution >= 4 is 11.6 Å². The summed E-state index contributed by atoms with van der Waals surface area (Å²) in [6.45, 7) is 3.89. The molecule has 0 atom stereocenters. The van der Waals surface area contributed by atoms with Crippen LogP contribution in [0.15, 0.2) is 36.7 Å². The minimum atomic E-state index is -0.203. The number of aromatic nitrogens is 2. The summed E-state index contributed by atoms with van der Waals surface area (Å²) in [5.41, 5.74) is 7.53. The number of anilines is 2. The van der Waals surface area contributed by atoms with Gasteiger partial charge >= 0.3 is 0 Å². The van der Waals surface area contributed by atoms with Gasteiger partial charge in [0.1, 0.15) is 5.82 Å². The summed E-state index contributed by atoms with van der Waals surface area (Å²) in [5.74, 6) is 0.539. The first-order valence-electron chi connectivity index (χ1n) is 7.03. The molecule has 5 nitrogen and oxygen atoms in total. The molecule has 21 heavy (non-hydrogen) atoms. The summed E-state index contributed by atoms with van der Waals surface area (Å²) in [5, 5.41) is 0. The smallest absolute Gasteiger partial charge is 0.225 e. The van der Waals surface area contributed by atoms with E-state index in [4.69, 9.17) is 5.73 Å². The molecule has 2 N–H and O–H groups in total. The van der Waals surface area contributed by atoms with Crippen molar-refractivity contribution in [1.29, 1.82) is 0 Å². The van der Waals surface area contributed by atoms with E-state index in [-0.39, 0.29) is 5.82 Å². The number of hydrogen-bond donors (Lipinski definition) is 1. The summed E-state index contributed by atoms with van der Waals surface area (Å²) < 4.78 is 12.9. The molecule has 1 aliphatic heterocycles. The van der Waals surface area contributed by atoms with Gasteiger partial charge in [0.2, 0.25) is 5.95 Å². The minimum Gasteiger partial charge on any atom is -0.368 e. The lowest BCUT2D eigenvalue weighted by Gasteiger charge is -2.36. The van der Waals surface area contributed by atoms with E-state index in [0.717, 1.165) is 43.4 Å². The zero-order valence-electron chi connectivity index (χ0n) is 11.7. The van der Waals surface area contributed by atoms with Gasteiger partial charge in [0.15, 0.2) is 0 Å². The van der Waals surface area contributed by atoms with Crippen molar-refractivity contribution in [3.05, 3.63) is 48.0 Å². The minimum absolute atomic E-state index is 0.203. The fourth-order valence-corrected chi connectivity index (χ4v) is 2.43. The van der Waals surface area contributed by atoms with Crippen LogP contribution in [0, 0.1) is 5.82 Å². The summed E-state index contributed by atoms with van der Waals surface area (Å²) in [6, 6.07) is 6.63. The lowest BCUT2D eigenvalue weighted by Crippen LogP contribution is -2.47. The maximum atomic E-state index is 12.9. The normalized spacial score (nSPS) is 15.3. The molecule has 0 aliphatic carbocycles. The zero-order chi connectivity index (χ0) is 14.7. The highest BCUT2D eigenvalue weighted by atomic mass is 19.1. The summed E-state index contributed by atoms with van der Waals surface area (Å²) in [7, 11) is 0. The van der Waals surface area contributed by atoms with Gasteiger partial charge in [0.05, 0.1) is 0 Å². The number of benzene rings is 1. The lowest BCUT2D eigenvalue weighted by atomic mass is 10.2. The van der Waals surface area contributed by atoms with Crippen molar-refractivity contribution in [3.63, 3.8) is 0 Å². The van der Waals surface area contributed by atoms with Crippen LogP contribution in [-0.4, -0.2) is 36.1 Å². The second-order valence-electron chi connectivity index (χ2n) is 5.05. The van der Waals surface area contributed by atoms with Crippen molar-refractivity contribution < 1.29 is 4.39 Å². The Morgan fingerprint density at radius 2 is 1.52 bits per heavy atom. The number of piperazine rings is 1. The first-order chi connectivity index (χ1) is 10.3. The van der Waals surface area contributed by atoms with Crippen LogP contribution in [0.2, 0.25) is 0 Å². The third-order valence-corrected chi connectivity index (χ3v) is 3.68. The molecule has 0 saturated carbocycles. The largest absolute Gasteiger partial charge is 0.368 e. The maximum absolute atomic E-state index is 12.9. The second kappa shape index (κ2) is 6.05. The first kappa shape index (κ1) is 13.8. The van der Waals surface area contributed by atoms with Gasteiger partial charge in [0, 0.05) is 56.4 Å². The molecular formula is C15H18FN5. The predicted octanol–water partition coefficient (Wildman–Crippen LogP) is 1.40. The topological polar surface area (TPSA) is 58.3 Å². The summed E-state index contributed by atoms with van der Waals surface area (Å²) >= 11 is 0. The molecule has 110 valence electrons. The fraction of sp³-hybridized carbons (Fsp3) is 0.333. The molecule has 2 heterocycles. The van der Waals surface area contributed by atoms with Crippen LogP contribution in [0.4, 0.5) is 16.0 Å². The van der Waals surface area contributed by atoms with Gasteiger partial charge in [-0.05, 0) is 24.3 Å². The van der Waals surface area contributed by atoms with Gasteiger partial charge in [-0.3, -0.25) is 0 Å². The highest BCUT2D eigenvalue weighted by Gasteiger charge is 2.19. The van der Waals surface area contributed by atoms with Gasteiger partial charge in [-0.25, -0.2) is 14.4 Å². The fourth-order valence-electron chi connectivity index (χ4n) is 2.43. The van der Waals surface area contributed by atoms with E-state index in [1.54, 1.807) is 12.4 Å². The Kier molecular flexibility index (Phi) is 3.96. The molecule has 3 rings (SSSR count). The molecule has 6 heteroatoms. The Morgan fingerprint density at radius 3 is 2.10 bits per heavy atom. The van der Waals surface area contributed by atoms with Gasteiger partial charge in [0.25, 0.3) is 0 Å². The molecule has 1 fully saturated rings. The van der Waals surface area contributed by atoms with Crippen LogP contribution in [0.1, 0.15) is 5.56 Å². The monoisotopic (exact) mass is 287 g/mol. The quantitative estimate of drug-likeness (QED) is 0.925. The van der Waals surface area contributed by atoms with E-state index >= 15 is 0 Å². The van der Waals surface area contributed by atoms with Gasteiger partial charge in [-0.1, -0.05) is 0 Å². The SMILES string of the molecule is NCc1cnc(N2CCN(c3ccc(F)cc3)CC2)nc1. The molecule has 0 spiro atoms. The Bertz CT molecular complexity index is 576. The molecule has 0 bridgehead atoms. The van der Waals surface area contributed by atoms with Crippen LogP contribution in [0.25, 0.3) is 0 Å². The van der Waals surface area contributed by atoms with E-state index < -0.39 is 0 Å². The number of nitrogens with zero attached hydrogens (tertiary/aromatic N) is 4. The lowest BCUT2D eigenvalue weighted by molar-refractivity contribution is 0.623. The molecule has 2 aromatic rings. The highest BCUT2D eigenvalue weighted by Crippen LogP contribution is 2.18. The number of halogens is 1. The predicted molar refractivity (Wildman–Crippen MR) is 80.7 cm³/mol. The van der Waals surface area contributed by atoms with E-state index in [9.17, 15) is 4.39 Å². The van der Waals surface area contributed by atoms with Gasteiger partial charge in [-0.2, -0.15) is 0 Å². The first-order valence-corrected chi connectivity index (χ1v) is 7.03. The Balaban J connectivity index is 1.62. The zero-order valence-corrected chi connectivity index (χ0v) is 11.7. The Labute approximate surface area is 123 Å². The molecule has 0 radical (unpaired) electrons. The average Bonchev–Trinajstić information content (AvgIpc) is 2.56. The van der Waals surface area contributed by atoms with Crippen LogP contribution in [0.3, 0.4) is 0 Å². The van der Waals surface area contributed by atoms with Crippen LogP contribution < -0.4 is 15.5 Å². The van der Waals surface area contributed by atoms with E-state index in [1.807, 2.05) is 12.1 Å². The number of rotatable bonds is 3. The number of hydrogen-bond acceptors (Lipinski definition) is 5.